The molecule has 0 radical (unpaired) electrons. The molecule has 4 heterocycles. The number of amides is 1. The zero-order valence-corrected chi connectivity index (χ0v) is 19.4. The van der Waals surface area contributed by atoms with Gasteiger partial charge in [-0.3, -0.25) is 18.9 Å². The van der Waals surface area contributed by atoms with E-state index in [9.17, 15) is 14.7 Å². The van der Waals surface area contributed by atoms with E-state index in [-0.39, 0.29) is 11.3 Å². The van der Waals surface area contributed by atoms with Crippen LogP contribution in [0.5, 0.6) is 0 Å². The van der Waals surface area contributed by atoms with Crippen LogP contribution in [0.1, 0.15) is 28.6 Å². The molecule has 1 unspecified atom stereocenters. The Morgan fingerprint density at radius 1 is 1.06 bits per heavy atom. The van der Waals surface area contributed by atoms with Crippen LogP contribution in [-0.4, -0.2) is 75.4 Å². The summed E-state index contributed by atoms with van der Waals surface area (Å²) in [6.45, 7) is 7.66. The van der Waals surface area contributed by atoms with E-state index in [0.29, 0.717) is 43.3 Å². The molecule has 2 saturated heterocycles. The van der Waals surface area contributed by atoms with Gasteiger partial charge in [-0.2, -0.15) is 0 Å². The first kappa shape index (κ1) is 22.3. The maximum absolute atomic E-state index is 13.3. The van der Waals surface area contributed by atoms with Crippen molar-refractivity contribution in [1.29, 1.82) is 0 Å². The summed E-state index contributed by atoms with van der Waals surface area (Å²) in [6, 6.07) is 12.6. The highest BCUT2D eigenvalue weighted by atomic mass is 16.5. The lowest BCUT2D eigenvalue weighted by atomic mass is 9.96. The van der Waals surface area contributed by atoms with Crippen molar-refractivity contribution in [1.82, 2.24) is 19.2 Å². The van der Waals surface area contributed by atoms with Crippen LogP contribution in [0, 0.1) is 13.8 Å². The van der Waals surface area contributed by atoms with E-state index in [1.165, 1.54) is 0 Å². The zero-order valence-electron chi connectivity index (χ0n) is 19.4. The minimum atomic E-state index is -0.671. The monoisotopic (exact) mass is 460 g/mol. The highest BCUT2D eigenvalue weighted by molar-refractivity contribution is 6.46. The van der Waals surface area contributed by atoms with Crippen molar-refractivity contribution in [3.8, 4) is 0 Å². The predicted molar refractivity (Wildman–Crippen MR) is 127 cm³/mol. The number of fused-ring (bicyclic) bond motifs is 1. The number of aromatic nitrogens is 2. The number of carbonyl (C=O) groups excluding carboxylic acids is 2. The summed E-state index contributed by atoms with van der Waals surface area (Å²) in [5.41, 5.74) is 3.58. The number of hydrogen-bond acceptors (Lipinski definition) is 6. The summed E-state index contributed by atoms with van der Waals surface area (Å²) in [4.78, 5) is 35.0. The Morgan fingerprint density at radius 3 is 2.53 bits per heavy atom. The molecular weight excluding hydrogens is 432 g/mol. The van der Waals surface area contributed by atoms with Crippen LogP contribution in [-0.2, 0) is 14.3 Å². The Kier molecular flexibility index (Phi) is 5.93. The molecule has 0 saturated carbocycles. The third-order valence-corrected chi connectivity index (χ3v) is 6.66. The van der Waals surface area contributed by atoms with Crippen molar-refractivity contribution >= 4 is 23.1 Å². The Balaban J connectivity index is 1.61. The third kappa shape index (κ3) is 3.78. The molecule has 1 amide bonds. The lowest BCUT2D eigenvalue weighted by Crippen LogP contribution is -2.42. The van der Waals surface area contributed by atoms with Crippen LogP contribution in [0.15, 0.2) is 54.2 Å². The summed E-state index contributed by atoms with van der Waals surface area (Å²) >= 11 is 0. The summed E-state index contributed by atoms with van der Waals surface area (Å²) in [6.07, 6.45) is 1.81. The summed E-state index contributed by atoms with van der Waals surface area (Å²) < 4.78 is 7.20. The number of Topliss-reactive ketones (excluding diaryl/α,β-unsaturated/α-hetero) is 1. The van der Waals surface area contributed by atoms with Crippen molar-refractivity contribution in [3.05, 3.63) is 76.7 Å². The maximum Gasteiger partial charge on any atom is 0.295 e. The highest BCUT2D eigenvalue weighted by Gasteiger charge is 2.46. The van der Waals surface area contributed by atoms with Gasteiger partial charge in [0.15, 0.2) is 5.76 Å². The van der Waals surface area contributed by atoms with Gasteiger partial charge in [0.1, 0.15) is 11.3 Å². The number of hydrogen-bond donors (Lipinski definition) is 1. The molecule has 176 valence electrons. The van der Waals surface area contributed by atoms with Gasteiger partial charge in [-0.25, -0.2) is 4.98 Å². The van der Waals surface area contributed by atoms with Gasteiger partial charge in [0.25, 0.3) is 11.7 Å². The number of pyridine rings is 1. The van der Waals surface area contributed by atoms with Crippen LogP contribution in [0.2, 0.25) is 0 Å². The molecule has 8 heteroatoms. The molecule has 3 aromatic rings. The molecule has 2 fully saturated rings. The number of benzene rings is 1. The maximum atomic E-state index is 13.3. The first-order valence-electron chi connectivity index (χ1n) is 11.6. The molecule has 0 spiro atoms. The van der Waals surface area contributed by atoms with E-state index in [1.54, 1.807) is 16.2 Å². The summed E-state index contributed by atoms with van der Waals surface area (Å²) in [7, 11) is 0. The number of morpholine rings is 1. The van der Waals surface area contributed by atoms with Gasteiger partial charge in [-0.05, 0) is 31.0 Å². The lowest BCUT2D eigenvalue weighted by Gasteiger charge is -2.31. The average Bonchev–Trinajstić information content (AvgIpc) is 3.33. The van der Waals surface area contributed by atoms with Gasteiger partial charge in [0.05, 0.1) is 30.5 Å². The molecule has 2 aliphatic rings. The SMILES string of the molecule is Cc1nc2c(C)cccn2c1/C(O)=C1\C(=O)C(=O)N(CCN2CCOCC2)C1c1ccccc1. The minimum Gasteiger partial charge on any atom is -0.505 e. The Bertz CT molecular complexity index is 1270. The van der Waals surface area contributed by atoms with E-state index in [2.05, 4.69) is 9.88 Å². The van der Waals surface area contributed by atoms with E-state index in [4.69, 9.17) is 4.74 Å². The van der Waals surface area contributed by atoms with Gasteiger partial charge in [-0.1, -0.05) is 36.4 Å². The van der Waals surface area contributed by atoms with E-state index < -0.39 is 17.7 Å². The standard InChI is InChI=1S/C26H28N4O4/c1-17-7-6-10-29-21(18(2)27-25(17)29)23(31)20-22(19-8-4-3-5-9-19)30(26(33)24(20)32)12-11-28-13-15-34-16-14-28/h3-10,22,31H,11-16H2,1-2H3/b23-20+. The van der Waals surface area contributed by atoms with Gasteiger partial charge in [0.2, 0.25) is 0 Å². The first-order valence-corrected chi connectivity index (χ1v) is 11.6. The number of rotatable bonds is 5. The normalized spacial score (nSPS) is 21.0. The van der Waals surface area contributed by atoms with Crippen molar-refractivity contribution in [2.45, 2.75) is 19.9 Å². The number of aryl methyl sites for hydroxylation is 2. The summed E-state index contributed by atoms with van der Waals surface area (Å²) in [5, 5.41) is 11.5. The fourth-order valence-electron chi connectivity index (χ4n) is 4.90. The van der Waals surface area contributed by atoms with E-state index in [0.717, 1.165) is 24.2 Å². The largest absolute Gasteiger partial charge is 0.505 e. The van der Waals surface area contributed by atoms with Gasteiger partial charge in [0, 0.05) is 32.4 Å². The van der Waals surface area contributed by atoms with Crippen molar-refractivity contribution in [2.75, 3.05) is 39.4 Å². The molecule has 1 N–H and O–H groups in total. The highest BCUT2D eigenvalue weighted by Crippen LogP contribution is 2.39. The number of ether oxygens (including phenoxy) is 1. The van der Waals surface area contributed by atoms with Crippen LogP contribution >= 0.6 is 0 Å². The van der Waals surface area contributed by atoms with Gasteiger partial charge < -0.3 is 14.7 Å². The van der Waals surface area contributed by atoms with Gasteiger partial charge in [-0.15, -0.1) is 0 Å². The third-order valence-electron chi connectivity index (χ3n) is 6.66. The van der Waals surface area contributed by atoms with Gasteiger partial charge >= 0.3 is 0 Å². The first-order chi connectivity index (χ1) is 16.5. The average molecular weight is 461 g/mol. The predicted octanol–water partition coefficient (Wildman–Crippen LogP) is 2.71. The molecule has 0 aliphatic carbocycles. The fourth-order valence-corrected chi connectivity index (χ4v) is 4.90. The Hall–Kier alpha value is -3.49. The number of aliphatic hydroxyl groups excluding tert-OH is 1. The van der Waals surface area contributed by atoms with Crippen LogP contribution < -0.4 is 0 Å². The number of imidazole rings is 1. The van der Waals surface area contributed by atoms with Crippen LogP contribution in [0.3, 0.4) is 0 Å². The molecule has 1 atom stereocenters. The quantitative estimate of drug-likeness (QED) is 0.358. The van der Waals surface area contributed by atoms with E-state index in [1.807, 2.05) is 55.6 Å². The molecule has 34 heavy (non-hydrogen) atoms. The fraction of sp³-hybridized carbons (Fsp3) is 0.346. The minimum absolute atomic E-state index is 0.101. The molecule has 2 aliphatic heterocycles. The molecule has 2 aromatic heterocycles. The molecule has 8 nitrogen and oxygen atoms in total. The number of aliphatic hydroxyl groups is 1. The van der Waals surface area contributed by atoms with E-state index >= 15 is 0 Å². The molecule has 0 bridgehead atoms. The molecular formula is C26H28N4O4. The lowest BCUT2D eigenvalue weighted by molar-refractivity contribution is -0.140. The molecule has 5 rings (SSSR count). The second-order valence-electron chi connectivity index (χ2n) is 8.79. The Morgan fingerprint density at radius 2 is 1.79 bits per heavy atom. The second-order valence-corrected chi connectivity index (χ2v) is 8.79. The zero-order chi connectivity index (χ0) is 23.8. The molecule has 1 aromatic carbocycles. The summed E-state index contributed by atoms with van der Waals surface area (Å²) in [5.74, 6) is -1.46. The van der Waals surface area contributed by atoms with Crippen molar-refractivity contribution in [3.63, 3.8) is 0 Å². The van der Waals surface area contributed by atoms with Crippen molar-refractivity contribution < 1.29 is 19.4 Å². The van der Waals surface area contributed by atoms with Crippen molar-refractivity contribution in [2.24, 2.45) is 0 Å². The smallest absolute Gasteiger partial charge is 0.295 e. The number of likely N-dealkylation sites (tertiary alicyclic amines) is 1. The number of carbonyl (C=O) groups is 2. The number of nitrogens with zero attached hydrogens (tertiary/aromatic N) is 4. The topological polar surface area (TPSA) is 87.4 Å². The number of ketones is 1. The second kappa shape index (κ2) is 9.04. The van der Waals surface area contributed by atoms with Crippen LogP contribution in [0.25, 0.3) is 11.4 Å². The Labute approximate surface area is 198 Å². The van der Waals surface area contributed by atoms with Crippen LogP contribution in [0.4, 0.5) is 0 Å².